The van der Waals surface area contributed by atoms with Gasteiger partial charge in [0.25, 0.3) is 5.91 Å². The van der Waals surface area contributed by atoms with Crippen molar-refractivity contribution in [3.05, 3.63) is 59.2 Å². The Kier molecular flexibility index (Phi) is 6.60. The summed E-state index contributed by atoms with van der Waals surface area (Å²) < 4.78 is 5.67. The van der Waals surface area contributed by atoms with E-state index in [0.29, 0.717) is 18.4 Å². The number of aromatic amines is 1. The first-order valence-corrected chi connectivity index (χ1v) is 11.4. The van der Waals surface area contributed by atoms with E-state index in [1.807, 2.05) is 33.0 Å². The number of aryl methyl sites for hydroxylation is 2. The fraction of sp³-hybridized carbons (Fsp3) is 0.346. The van der Waals surface area contributed by atoms with Crippen LogP contribution in [0.25, 0.3) is 33.6 Å². The van der Waals surface area contributed by atoms with Crippen LogP contribution in [0, 0.1) is 13.8 Å². The predicted molar refractivity (Wildman–Crippen MR) is 131 cm³/mol. The molecule has 172 valence electrons. The summed E-state index contributed by atoms with van der Waals surface area (Å²) in [5.41, 5.74) is 7.66. The molecule has 0 aliphatic carbocycles. The van der Waals surface area contributed by atoms with Crippen molar-refractivity contribution in [3.8, 4) is 22.7 Å². The molecule has 4 rings (SSSR count). The van der Waals surface area contributed by atoms with Gasteiger partial charge in [0.2, 0.25) is 5.89 Å². The molecule has 0 unspecified atom stereocenters. The molecule has 0 saturated heterocycles. The van der Waals surface area contributed by atoms with E-state index in [1.54, 1.807) is 0 Å². The van der Waals surface area contributed by atoms with Gasteiger partial charge in [-0.15, -0.1) is 0 Å². The molecule has 0 fully saturated rings. The first-order valence-electron chi connectivity index (χ1n) is 11.4. The molecular formula is C26H31N5O2. The van der Waals surface area contributed by atoms with Crippen molar-refractivity contribution >= 4 is 16.8 Å². The molecule has 0 aliphatic rings. The van der Waals surface area contributed by atoms with Gasteiger partial charge < -0.3 is 20.0 Å². The summed E-state index contributed by atoms with van der Waals surface area (Å²) in [4.78, 5) is 24.9. The zero-order valence-corrected chi connectivity index (χ0v) is 19.9. The lowest BCUT2D eigenvalue weighted by Gasteiger charge is -2.10. The predicted octanol–water partition coefficient (Wildman–Crippen LogP) is 4.96. The highest BCUT2D eigenvalue weighted by Gasteiger charge is 2.19. The molecule has 0 atom stereocenters. The summed E-state index contributed by atoms with van der Waals surface area (Å²) in [7, 11) is 1.89. The molecule has 7 heteroatoms. The summed E-state index contributed by atoms with van der Waals surface area (Å²) in [5, 5.41) is 7.06. The number of nitrogens with one attached hydrogen (secondary N) is 3. The Balaban J connectivity index is 1.68. The monoisotopic (exact) mass is 445 g/mol. The van der Waals surface area contributed by atoms with E-state index < -0.39 is 0 Å². The van der Waals surface area contributed by atoms with Crippen LogP contribution in [0.2, 0.25) is 0 Å². The molecule has 0 aliphatic heterocycles. The maximum Gasteiger partial charge on any atom is 0.273 e. The number of benzene rings is 1. The van der Waals surface area contributed by atoms with Gasteiger partial charge in [-0.05, 0) is 75.7 Å². The Labute approximate surface area is 194 Å². The van der Waals surface area contributed by atoms with Gasteiger partial charge in [-0.2, -0.15) is 0 Å². The molecule has 7 nitrogen and oxygen atoms in total. The highest BCUT2D eigenvalue weighted by molar-refractivity contribution is 5.95. The average molecular weight is 446 g/mol. The van der Waals surface area contributed by atoms with Crippen LogP contribution in [0.15, 0.2) is 41.0 Å². The van der Waals surface area contributed by atoms with Crippen molar-refractivity contribution in [2.75, 3.05) is 20.1 Å². The number of aromatic nitrogens is 3. The molecule has 0 bridgehead atoms. The zero-order valence-electron chi connectivity index (χ0n) is 19.9. The minimum Gasteiger partial charge on any atom is -0.444 e. The van der Waals surface area contributed by atoms with Crippen LogP contribution in [0.4, 0.5) is 0 Å². The maximum atomic E-state index is 12.4. The Bertz CT molecular complexity index is 1270. The van der Waals surface area contributed by atoms with E-state index in [0.717, 1.165) is 52.1 Å². The van der Waals surface area contributed by atoms with Gasteiger partial charge in [0.15, 0.2) is 5.69 Å². The molecule has 0 saturated carbocycles. The summed E-state index contributed by atoms with van der Waals surface area (Å²) >= 11 is 0. The molecule has 3 N–H and O–H groups in total. The number of amides is 1. The number of rotatable bonds is 8. The van der Waals surface area contributed by atoms with Gasteiger partial charge in [0.05, 0.1) is 5.69 Å². The second kappa shape index (κ2) is 9.58. The van der Waals surface area contributed by atoms with Crippen molar-refractivity contribution in [3.63, 3.8) is 0 Å². The van der Waals surface area contributed by atoms with Crippen LogP contribution >= 0.6 is 0 Å². The van der Waals surface area contributed by atoms with Crippen molar-refractivity contribution in [1.82, 2.24) is 25.6 Å². The minimum atomic E-state index is -0.225. The lowest BCUT2D eigenvalue weighted by Crippen LogP contribution is -2.26. The third-order valence-corrected chi connectivity index (χ3v) is 5.66. The molecular weight excluding hydrogens is 414 g/mol. The standard InChI is InChI=1S/C26H31N5O2/c1-15(2)23-20-13-18(26-31-22(14-33-26)25(32)28-10-6-9-27-5)7-8-21(20)30-24(23)19-11-16(3)29-17(4)12-19/h7-8,11-15,27,30H,6,9-10H2,1-5H3,(H,28,32). The van der Waals surface area contributed by atoms with Crippen LogP contribution in [-0.2, 0) is 0 Å². The van der Waals surface area contributed by atoms with Crippen molar-refractivity contribution < 1.29 is 9.21 Å². The average Bonchev–Trinajstić information content (AvgIpc) is 3.40. The fourth-order valence-electron chi connectivity index (χ4n) is 4.22. The SMILES string of the molecule is CNCCCNC(=O)c1coc(-c2ccc3[nH]c(-c4cc(C)nc(C)c4)c(C(C)C)c3c2)n1. The van der Waals surface area contributed by atoms with Crippen LogP contribution in [0.3, 0.4) is 0 Å². The number of oxazole rings is 1. The Morgan fingerprint density at radius 2 is 1.82 bits per heavy atom. The van der Waals surface area contributed by atoms with Crippen LogP contribution in [0.5, 0.6) is 0 Å². The van der Waals surface area contributed by atoms with Crippen molar-refractivity contribution in [2.45, 2.75) is 40.0 Å². The van der Waals surface area contributed by atoms with Crippen molar-refractivity contribution in [1.29, 1.82) is 0 Å². The smallest absolute Gasteiger partial charge is 0.273 e. The Morgan fingerprint density at radius 3 is 2.52 bits per heavy atom. The number of pyridine rings is 1. The fourth-order valence-corrected chi connectivity index (χ4v) is 4.22. The summed E-state index contributed by atoms with van der Waals surface area (Å²) in [5.74, 6) is 0.518. The second-order valence-corrected chi connectivity index (χ2v) is 8.72. The van der Waals surface area contributed by atoms with Gasteiger partial charge in [-0.25, -0.2) is 4.98 Å². The number of H-pyrrole nitrogens is 1. The second-order valence-electron chi connectivity index (χ2n) is 8.72. The van der Waals surface area contributed by atoms with Gasteiger partial charge in [-0.3, -0.25) is 9.78 Å². The number of carbonyl (C=O) groups is 1. The zero-order chi connectivity index (χ0) is 23.5. The van der Waals surface area contributed by atoms with Gasteiger partial charge in [-0.1, -0.05) is 13.8 Å². The molecule has 3 aromatic heterocycles. The molecule has 1 amide bonds. The maximum absolute atomic E-state index is 12.4. The summed E-state index contributed by atoms with van der Waals surface area (Å²) in [6.07, 6.45) is 2.27. The van der Waals surface area contributed by atoms with E-state index in [1.165, 1.54) is 11.8 Å². The summed E-state index contributed by atoms with van der Waals surface area (Å²) in [6, 6.07) is 10.3. The number of hydrogen-bond donors (Lipinski definition) is 3. The first kappa shape index (κ1) is 22.7. The minimum absolute atomic E-state index is 0.225. The molecule has 3 heterocycles. The third-order valence-electron chi connectivity index (χ3n) is 5.66. The van der Waals surface area contributed by atoms with Crippen LogP contribution < -0.4 is 10.6 Å². The third kappa shape index (κ3) is 4.83. The quantitative estimate of drug-likeness (QED) is 0.333. The molecule has 33 heavy (non-hydrogen) atoms. The normalized spacial score (nSPS) is 11.5. The van der Waals surface area contributed by atoms with Crippen LogP contribution in [0.1, 0.15) is 53.6 Å². The Hall–Kier alpha value is -3.45. The first-order chi connectivity index (χ1) is 15.9. The molecule has 0 spiro atoms. The number of hydrogen-bond acceptors (Lipinski definition) is 5. The van der Waals surface area contributed by atoms with Gasteiger partial charge >= 0.3 is 0 Å². The van der Waals surface area contributed by atoms with E-state index in [4.69, 9.17) is 4.42 Å². The number of fused-ring (bicyclic) bond motifs is 1. The molecule has 1 aromatic carbocycles. The van der Waals surface area contributed by atoms with Gasteiger partial charge in [0.1, 0.15) is 6.26 Å². The van der Waals surface area contributed by atoms with Crippen LogP contribution in [-0.4, -0.2) is 41.0 Å². The van der Waals surface area contributed by atoms with E-state index in [2.05, 4.69) is 57.6 Å². The summed E-state index contributed by atoms with van der Waals surface area (Å²) in [6.45, 7) is 9.86. The van der Waals surface area contributed by atoms with E-state index in [-0.39, 0.29) is 11.6 Å². The lowest BCUT2D eigenvalue weighted by atomic mass is 9.95. The largest absolute Gasteiger partial charge is 0.444 e. The molecule has 4 aromatic rings. The number of nitrogens with zero attached hydrogens (tertiary/aromatic N) is 2. The Morgan fingerprint density at radius 1 is 1.06 bits per heavy atom. The van der Waals surface area contributed by atoms with Gasteiger partial charge in [0, 0.05) is 40.0 Å². The highest BCUT2D eigenvalue weighted by Crippen LogP contribution is 2.37. The lowest BCUT2D eigenvalue weighted by molar-refractivity contribution is 0.0948. The topological polar surface area (TPSA) is 95.8 Å². The number of carbonyl (C=O) groups excluding carboxylic acids is 1. The molecule has 0 radical (unpaired) electrons. The van der Waals surface area contributed by atoms with E-state index >= 15 is 0 Å². The highest BCUT2D eigenvalue weighted by atomic mass is 16.3. The van der Waals surface area contributed by atoms with Crippen molar-refractivity contribution in [2.24, 2.45) is 0 Å². The van der Waals surface area contributed by atoms with E-state index in [9.17, 15) is 4.79 Å².